The molecule has 0 aliphatic carbocycles. The number of amides is 1. The summed E-state index contributed by atoms with van der Waals surface area (Å²) in [7, 11) is 0. The van der Waals surface area contributed by atoms with Gasteiger partial charge in [0.25, 0.3) is 5.91 Å². The highest BCUT2D eigenvalue weighted by atomic mass is 16.1. The molecule has 0 aromatic heterocycles. The number of benzene rings is 3. The van der Waals surface area contributed by atoms with E-state index in [1.165, 1.54) is 0 Å². The molecule has 21 heavy (non-hydrogen) atoms. The molecule has 0 spiro atoms. The van der Waals surface area contributed by atoms with Gasteiger partial charge in [0.2, 0.25) is 0 Å². The van der Waals surface area contributed by atoms with Crippen LogP contribution in [0.3, 0.4) is 0 Å². The van der Waals surface area contributed by atoms with Gasteiger partial charge in [-0.05, 0) is 37.4 Å². The molecule has 0 atom stereocenters. The van der Waals surface area contributed by atoms with Crippen LogP contribution in [-0.2, 0) is 0 Å². The summed E-state index contributed by atoms with van der Waals surface area (Å²) in [6, 6.07) is 19.9. The number of carbonyl (C=O) groups is 1. The predicted octanol–water partition coefficient (Wildman–Crippen LogP) is 4.71. The van der Waals surface area contributed by atoms with Crippen LogP contribution in [0.5, 0.6) is 0 Å². The van der Waals surface area contributed by atoms with Gasteiger partial charge in [0, 0.05) is 16.6 Å². The first-order valence-electron chi connectivity index (χ1n) is 7.01. The van der Waals surface area contributed by atoms with E-state index in [0.29, 0.717) is 5.56 Å². The van der Waals surface area contributed by atoms with Crippen molar-refractivity contribution in [3.63, 3.8) is 0 Å². The molecule has 2 nitrogen and oxygen atoms in total. The van der Waals surface area contributed by atoms with Crippen LogP contribution >= 0.6 is 0 Å². The Balaban J connectivity index is 1.96. The molecule has 0 radical (unpaired) electrons. The third-order valence-electron chi connectivity index (χ3n) is 3.52. The van der Waals surface area contributed by atoms with Gasteiger partial charge in [-0.3, -0.25) is 4.79 Å². The number of nitrogens with one attached hydrogen (secondary N) is 1. The van der Waals surface area contributed by atoms with Crippen LogP contribution in [0, 0.1) is 13.8 Å². The molecule has 1 N–H and O–H groups in total. The van der Waals surface area contributed by atoms with Crippen molar-refractivity contribution in [3.05, 3.63) is 77.4 Å². The molecule has 3 aromatic carbocycles. The van der Waals surface area contributed by atoms with E-state index in [4.69, 9.17) is 0 Å². The zero-order valence-electron chi connectivity index (χ0n) is 12.2. The second-order valence-electron chi connectivity index (χ2n) is 5.36. The first-order chi connectivity index (χ1) is 10.1. The molecule has 0 aliphatic rings. The summed E-state index contributed by atoms with van der Waals surface area (Å²) in [5.41, 5.74) is 3.73. The summed E-state index contributed by atoms with van der Waals surface area (Å²) < 4.78 is 0. The molecule has 0 saturated carbocycles. The molecular formula is C19H17NO. The van der Waals surface area contributed by atoms with E-state index in [1.807, 2.05) is 68.4 Å². The van der Waals surface area contributed by atoms with E-state index in [1.54, 1.807) is 0 Å². The lowest BCUT2D eigenvalue weighted by Crippen LogP contribution is -2.12. The fourth-order valence-corrected chi connectivity index (χ4v) is 2.63. The topological polar surface area (TPSA) is 29.1 Å². The molecule has 0 fully saturated rings. The predicted molar refractivity (Wildman–Crippen MR) is 87.8 cm³/mol. The van der Waals surface area contributed by atoms with Gasteiger partial charge in [0.1, 0.15) is 0 Å². The Morgan fingerprint density at radius 1 is 0.857 bits per heavy atom. The van der Waals surface area contributed by atoms with Crippen LogP contribution < -0.4 is 5.32 Å². The van der Waals surface area contributed by atoms with Gasteiger partial charge in [0.15, 0.2) is 0 Å². The minimum Gasteiger partial charge on any atom is -0.321 e. The molecule has 0 heterocycles. The smallest absolute Gasteiger partial charge is 0.255 e. The molecule has 104 valence electrons. The largest absolute Gasteiger partial charge is 0.321 e. The number of fused-ring (bicyclic) bond motifs is 1. The van der Waals surface area contributed by atoms with Gasteiger partial charge in [-0.25, -0.2) is 0 Å². The Labute approximate surface area is 124 Å². The summed E-state index contributed by atoms with van der Waals surface area (Å²) in [6.45, 7) is 4.00. The van der Waals surface area contributed by atoms with Crippen molar-refractivity contribution in [2.24, 2.45) is 0 Å². The quantitative estimate of drug-likeness (QED) is 0.721. The van der Waals surface area contributed by atoms with Crippen molar-refractivity contribution in [1.29, 1.82) is 0 Å². The van der Waals surface area contributed by atoms with Crippen LogP contribution in [-0.4, -0.2) is 5.91 Å². The van der Waals surface area contributed by atoms with E-state index < -0.39 is 0 Å². The molecule has 3 rings (SSSR count). The zero-order valence-corrected chi connectivity index (χ0v) is 12.2. The number of hydrogen-bond acceptors (Lipinski definition) is 1. The van der Waals surface area contributed by atoms with Crippen molar-refractivity contribution in [3.8, 4) is 0 Å². The minimum absolute atomic E-state index is 0.0712. The van der Waals surface area contributed by atoms with Gasteiger partial charge in [-0.2, -0.15) is 0 Å². The summed E-state index contributed by atoms with van der Waals surface area (Å²) in [4.78, 5) is 12.5. The van der Waals surface area contributed by atoms with Crippen molar-refractivity contribution >= 4 is 22.4 Å². The van der Waals surface area contributed by atoms with E-state index in [0.717, 1.165) is 27.6 Å². The van der Waals surface area contributed by atoms with Crippen molar-refractivity contribution < 1.29 is 4.79 Å². The summed E-state index contributed by atoms with van der Waals surface area (Å²) in [5.74, 6) is -0.0712. The lowest BCUT2D eigenvalue weighted by molar-refractivity contribution is 0.102. The molecule has 3 aromatic rings. The lowest BCUT2D eigenvalue weighted by Gasteiger charge is -2.10. The average molecular weight is 275 g/mol. The Bertz CT molecular complexity index is 795. The van der Waals surface area contributed by atoms with Gasteiger partial charge in [-0.1, -0.05) is 53.6 Å². The molecule has 0 unspecified atom stereocenters. The monoisotopic (exact) mass is 275 g/mol. The highest BCUT2D eigenvalue weighted by molar-refractivity contribution is 6.09. The SMILES string of the molecule is Cc1cc(C)cc(C(=O)Nc2cccc3ccccc23)c1. The third kappa shape index (κ3) is 2.79. The van der Waals surface area contributed by atoms with Crippen molar-refractivity contribution in [2.45, 2.75) is 13.8 Å². The van der Waals surface area contributed by atoms with E-state index >= 15 is 0 Å². The normalized spacial score (nSPS) is 10.6. The van der Waals surface area contributed by atoms with Gasteiger partial charge < -0.3 is 5.32 Å². The van der Waals surface area contributed by atoms with Gasteiger partial charge >= 0.3 is 0 Å². The second-order valence-corrected chi connectivity index (χ2v) is 5.36. The van der Waals surface area contributed by atoms with Crippen LogP contribution in [0.4, 0.5) is 5.69 Å². The maximum atomic E-state index is 12.5. The Morgan fingerprint density at radius 2 is 1.52 bits per heavy atom. The number of carbonyl (C=O) groups excluding carboxylic acids is 1. The minimum atomic E-state index is -0.0712. The molecule has 0 bridgehead atoms. The summed E-state index contributed by atoms with van der Waals surface area (Å²) in [6.07, 6.45) is 0. The first kappa shape index (κ1) is 13.4. The molecular weight excluding hydrogens is 258 g/mol. The standard InChI is InChI=1S/C19H17NO/c1-13-10-14(2)12-16(11-13)19(21)20-18-9-5-7-15-6-3-4-8-17(15)18/h3-12H,1-2H3,(H,20,21). The maximum absolute atomic E-state index is 12.5. The fourth-order valence-electron chi connectivity index (χ4n) is 2.63. The third-order valence-corrected chi connectivity index (χ3v) is 3.52. The average Bonchev–Trinajstić information content (AvgIpc) is 2.46. The highest BCUT2D eigenvalue weighted by Gasteiger charge is 2.09. The van der Waals surface area contributed by atoms with Crippen LogP contribution in [0.15, 0.2) is 60.7 Å². The highest BCUT2D eigenvalue weighted by Crippen LogP contribution is 2.23. The molecule has 2 heteroatoms. The van der Waals surface area contributed by atoms with Crippen LogP contribution in [0.2, 0.25) is 0 Å². The number of hydrogen-bond donors (Lipinski definition) is 1. The first-order valence-corrected chi connectivity index (χ1v) is 7.01. The zero-order chi connectivity index (χ0) is 14.8. The van der Waals surface area contributed by atoms with E-state index in [2.05, 4.69) is 11.4 Å². The van der Waals surface area contributed by atoms with Gasteiger partial charge in [0.05, 0.1) is 0 Å². The molecule has 0 aliphatic heterocycles. The Morgan fingerprint density at radius 3 is 2.29 bits per heavy atom. The van der Waals surface area contributed by atoms with Gasteiger partial charge in [-0.15, -0.1) is 0 Å². The number of aryl methyl sites for hydroxylation is 2. The number of anilines is 1. The molecule has 0 saturated heterocycles. The summed E-state index contributed by atoms with van der Waals surface area (Å²) in [5, 5.41) is 5.19. The lowest BCUT2D eigenvalue weighted by atomic mass is 10.1. The maximum Gasteiger partial charge on any atom is 0.255 e. The summed E-state index contributed by atoms with van der Waals surface area (Å²) >= 11 is 0. The Kier molecular flexibility index (Phi) is 3.44. The number of rotatable bonds is 2. The van der Waals surface area contributed by atoms with Crippen LogP contribution in [0.25, 0.3) is 10.8 Å². The Hall–Kier alpha value is -2.61. The van der Waals surface area contributed by atoms with Crippen LogP contribution in [0.1, 0.15) is 21.5 Å². The van der Waals surface area contributed by atoms with E-state index in [-0.39, 0.29) is 5.91 Å². The fraction of sp³-hybridized carbons (Fsp3) is 0.105. The van der Waals surface area contributed by atoms with E-state index in [9.17, 15) is 4.79 Å². The second kappa shape index (κ2) is 5.41. The van der Waals surface area contributed by atoms with Crippen molar-refractivity contribution in [2.75, 3.05) is 5.32 Å². The van der Waals surface area contributed by atoms with Crippen molar-refractivity contribution in [1.82, 2.24) is 0 Å². The molecule has 1 amide bonds.